The van der Waals surface area contributed by atoms with E-state index >= 15 is 0 Å². The molecule has 0 saturated carbocycles. The van der Waals surface area contributed by atoms with Gasteiger partial charge in [0.15, 0.2) is 0 Å². The van der Waals surface area contributed by atoms with Crippen LogP contribution < -0.4 is 5.32 Å². The number of hydrogen-bond acceptors (Lipinski definition) is 4. The molecular formula is C15H16N4O2. The number of nitrogens with one attached hydrogen (secondary N) is 1. The van der Waals surface area contributed by atoms with E-state index in [-0.39, 0.29) is 5.91 Å². The van der Waals surface area contributed by atoms with Crippen molar-refractivity contribution >= 4 is 16.9 Å². The molecule has 108 valence electrons. The van der Waals surface area contributed by atoms with Gasteiger partial charge in [-0.1, -0.05) is 12.1 Å². The summed E-state index contributed by atoms with van der Waals surface area (Å²) in [6.45, 7) is 3.27. The standard InChI is InChI=1S/C15H16N4O2/c1-2-7-19-14-6-5-11(9-13(14)17-18-19)15(20)16-10-12-4-3-8-21-12/h3-6,8-9H,2,7,10H2,1H3,(H,16,20). The quantitative estimate of drug-likeness (QED) is 0.780. The van der Waals surface area contributed by atoms with E-state index < -0.39 is 0 Å². The van der Waals surface area contributed by atoms with Gasteiger partial charge in [0, 0.05) is 12.1 Å². The monoisotopic (exact) mass is 284 g/mol. The summed E-state index contributed by atoms with van der Waals surface area (Å²) in [6, 6.07) is 9.04. The number of carbonyl (C=O) groups is 1. The van der Waals surface area contributed by atoms with Gasteiger partial charge < -0.3 is 9.73 Å². The normalized spacial score (nSPS) is 10.9. The second-order valence-corrected chi connectivity index (χ2v) is 4.78. The Morgan fingerprint density at radius 2 is 2.29 bits per heavy atom. The zero-order chi connectivity index (χ0) is 14.7. The number of amides is 1. The number of rotatable bonds is 5. The molecule has 0 unspecified atom stereocenters. The maximum Gasteiger partial charge on any atom is 0.251 e. The summed E-state index contributed by atoms with van der Waals surface area (Å²) >= 11 is 0. The summed E-state index contributed by atoms with van der Waals surface area (Å²) in [4.78, 5) is 12.1. The lowest BCUT2D eigenvalue weighted by Crippen LogP contribution is -2.22. The molecule has 0 atom stereocenters. The molecule has 0 radical (unpaired) electrons. The first kappa shape index (κ1) is 13.4. The van der Waals surface area contributed by atoms with Crippen LogP contribution in [0.4, 0.5) is 0 Å². The third-order valence-electron chi connectivity index (χ3n) is 3.21. The molecule has 2 heterocycles. The average Bonchev–Trinajstić information content (AvgIpc) is 3.14. The van der Waals surface area contributed by atoms with Crippen molar-refractivity contribution in [2.24, 2.45) is 0 Å². The van der Waals surface area contributed by atoms with Crippen molar-refractivity contribution in [1.82, 2.24) is 20.3 Å². The van der Waals surface area contributed by atoms with Crippen LogP contribution in [0.25, 0.3) is 11.0 Å². The molecule has 0 fully saturated rings. The van der Waals surface area contributed by atoms with Crippen molar-refractivity contribution in [3.05, 3.63) is 47.9 Å². The summed E-state index contributed by atoms with van der Waals surface area (Å²) in [7, 11) is 0. The van der Waals surface area contributed by atoms with Gasteiger partial charge in [-0.2, -0.15) is 0 Å². The fraction of sp³-hybridized carbons (Fsp3) is 0.267. The van der Waals surface area contributed by atoms with Crippen LogP contribution in [0.2, 0.25) is 0 Å². The van der Waals surface area contributed by atoms with Crippen molar-refractivity contribution in [1.29, 1.82) is 0 Å². The fourth-order valence-electron chi connectivity index (χ4n) is 2.17. The highest BCUT2D eigenvalue weighted by atomic mass is 16.3. The van der Waals surface area contributed by atoms with E-state index in [1.54, 1.807) is 24.5 Å². The molecule has 1 amide bonds. The first-order valence-electron chi connectivity index (χ1n) is 6.91. The lowest BCUT2D eigenvalue weighted by Gasteiger charge is -2.04. The largest absolute Gasteiger partial charge is 0.467 e. The number of furan rings is 1. The van der Waals surface area contributed by atoms with Gasteiger partial charge in [0.25, 0.3) is 5.91 Å². The molecule has 6 heteroatoms. The molecule has 3 aromatic rings. The molecule has 0 aliphatic rings. The maximum absolute atomic E-state index is 12.1. The van der Waals surface area contributed by atoms with Gasteiger partial charge in [-0.25, -0.2) is 4.68 Å². The van der Waals surface area contributed by atoms with Crippen LogP contribution in [0.5, 0.6) is 0 Å². The molecule has 1 N–H and O–H groups in total. The molecule has 0 saturated heterocycles. The van der Waals surface area contributed by atoms with Crippen LogP contribution in [0.3, 0.4) is 0 Å². The van der Waals surface area contributed by atoms with Crippen molar-refractivity contribution in [3.8, 4) is 0 Å². The van der Waals surface area contributed by atoms with Crippen LogP contribution in [-0.2, 0) is 13.1 Å². The van der Waals surface area contributed by atoms with Crippen molar-refractivity contribution in [2.75, 3.05) is 0 Å². The highest BCUT2D eigenvalue weighted by molar-refractivity contribution is 5.97. The average molecular weight is 284 g/mol. The topological polar surface area (TPSA) is 73.0 Å². The van der Waals surface area contributed by atoms with Gasteiger partial charge in [-0.15, -0.1) is 5.10 Å². The molecule has 21 heavy (non-hydrogen) atoms. The molecule has 0 spiro atoms. The maximum atomic E-state index is 12.1. The number of aromatic nitrogens is 3. The van der Waals surface area contributed by atoms with Crippen LogP contribution >= 0.6 is 0 Å². The first-order chi connectivity index (χ1) is 10.3. The van der Waals surface area contributed by atoms with Crippen molar-refractivity contribution in [2.45, 2.75) is 26.4 Å². The van der Waals surface area contributed by atoms with Crippen LogP contribution in [-0.4, -0.2) is 20.9 Å². The predicted octanol–water partition coefficient (Wildman–Crippen LogP) is 2.36. The number of carbonyl (C=O) groups excluding carboxylic acids is 1. The smallest absolute Gasteiger partial charge is 0.251 e. The van der Waals surface area contributed by atoms with E-state index in [1.807, 2.05) is 16.8 Å². The van der Waals surface area contributed by atoms with E-state index in [1.165, 1.54) is 0 Å². The van der Waals surface area contributed by atoms with E-state index in [0.717, 1.165) is 29.8 Å². The lowest BCUT2D eigenvalue weighted by molar-refractivity contribution is 0.0948. The highest BCUT2D eigenvalue weighted by Gasteiger charge is 2.10. The van der Waals surface area contributed by atoms with Crippen LogP contribution in [0, 0.1) is 0 Å². The number of benzene rings is 1. The third-order valence-corrected chi connectivity index (χ3v) is 3.21. The minimum absolute atomic E-state index is 0.154. The van der Waals surface area contributed by atoms with Crippen molar-refractivity contribution < 1.29 is 9.21 Å². The Kier molecular flexibility index (Phi) is 3.68. The van der Waals surface area contributed by atoms with Gasteiger partial charge >= 0.3 is 0 Å². The summed E-state index contributed by atoms with van der Waals surface area (Å²) < 4.78 is 7.03. The molecule has 0 aliphatic heterocycles. The fourth-order valence-corrected chi connectivity index (χ4v) is 2.17. The highest BCUT2D eigenvalue weighted by Crippen LogP contribution is 2.14. The van der Waals surface area contributed by atoms with Gasteiger partial charge in [-0.05, 0) is 36.8 Å². The van der Waals surface area contributed by atoms with E-state index in [4.69, 9.17) is 4.42 Å². The van der Waals surface area contributed by atoms with Crippen LogP contribution in [0.1, 0.15) is 29.5 Å². The molecule has 3 rings (SSSR count). The molecular weight excluding hydrogens is 268 g/mol. The number of fused-ring (bicyclic) bond motifs is 1. The van der Waals surface area contributed by atoms with Gasteiger partial charge in [-0.3, -0.25) is 4.79 Å². The lowest BCUT2D eigenvalue weighted by atomic mass is 10.2. The molecule has 2 aromatic heterocycles. The molecule has 6 nitrogen and oxygen atoms in total. The van der Waals surface area contributed by atoms with Gasteiger partial charge in [0.05, 0.1) is 18.3 Å². The van der Waals surface area contributed by atoms with E-state index in [9.17, 15) is 4.79 Å². The Balaban J connectivity index is 1.75. The van der Waals surface area contributed by atoms with E-state index in [2.05, 4.69) is 22.6 Å². The second kappa shape index (κ2) is 5.78. The Hall–Kier alpha value is -2.63. The predicted molar refractivity (Wildman–Crippen MR) is 77.7 cm³/mol. The Morgan fingerprint density at radius 1 is 1.38 bits per heavy atom. The SMILES string of the molecule is CCCn1nnc2cc(C(=O)NCc3ccco3)ccc21. The molecule has 1 aromatic carbocycles. The molecule has 0 bridgehead atoms. The third kappa shape index (κ3) is 2.79. The summed E-state index contributed by atoms with van der Waals surface area (Å²) in [5.41, 5.74) is 2.24. The van der Waals surface area contributed by atoms with E-state index in [0.29, 0.717) is 12.1 Å². The summed E-state index contributed by atoms with van der Waals surface area (Å²) in [5.74, 6) is 0.566. The van der Waals surface area contributed by atoms with Crippen molar-refractivity contribution in [3.63, 3.8) is 0 Å². The Labute approximate surface area is 121 Å². The van der Waals surface area contributed by atoms with Crippen LogP contribution in [0.15, 0.2) is 41.0 Å². The number of nitrogens with zero attached hydrogens (tertiary/aromatic N) is 3. The summed E-state index contributed by atoms with van der Waals surface area (Å²) in [6.07, 6.45) is 2.57. The second-order valence-electron chi connectivity index (χ2n) is 4.78. The molecule has 0 aliphatic carbocycles. The van der Waals surface area contributed by atoms with Gasteiger partial charge in [0.1, 0.15) is 11.3 Å². The first-order valence-corrected chi connectivity index (χ1v) is 6.91. The minimum Gasteiger partial charge on any atom is -0.467 e. The zero-order valence-corrected chi connectivity index (χ0v) is 11.7. The Bertz CT molecular complexity index is 746. The zero-order valence-electron chi connectivity index (χ0n) is 11.7. The Morgan fingerprint density at radius 3 is 3.05 bits per heavy atom. The minimum atomic E-state index is -0.154. The summed E-state index contributed by atoms with van der Waals surface area (Å²) in [5, 5.41) is 11.0. The number of aryl methyl sites for hydroxylation is 1. The number of hydrogen-bond donors (Lipinski definition) is 1. The van der Waals surface area contributed by atoms with Gasteiger partial charge in [0.2, 0.25) is 0 Å².